The molecule has 0 fully saturated rings. The van der Waals surface area contributed by atoms with E-state index in [0.717, 1.165) is 12.1 Å². The molecule has 3 heteroatoms. The van der Waals surface area contributed by atoms with Gasteiger partial charge >= 0.3 is 0 Å². The average Bonchev–Trinajstić information content (AvgIpc) is 2.36. The van der Waals surface area contributed by atoms with Gasteiger partial charge in [0.1, 0.15) is 11.8 Å². The SMILES string of the molecule is CCCC(C)NCc1ccc(C#N)c(OC)c1. The molecule has 0 aromatic heterocycles. The molecule has 1 unspecified atom stereocenters. The Balaban J connectivity index is 2.64. The second-order valence-corrected chi connectivity index (χ2v) is 4.22. The molecule has 0 saturated heterocycles. The van der Waals surface area contributed by atoms with Gasteiger partial charge in [-0.25, -0.2) is 0 Å². The number of methoxy groups -OCH3 is 1. The number of nitriles is 1. The molecule has 0 amide bonds. The van der Waals surface area contributed by atoms with Crippen LogP contribution in [0.25, 0.3) is 0 Å². The third kappa shape index (κ3) is 4.08. The second kappa shape index (κ2) is 6.93. The minimum Gasteiger partial charge on any atom is -0.495 e. The average molecular weight is 232 g/mol. The van der Waals surface area contributed by atoms with E-state index >= 15 is 0 Å². The van der Waals surface area contributed by atoms with Gasteiger partial charge in [0.05, 0.1) is 12.7 Å². The summed E-state index contributed by atoms with van der Waals surface area (Å²) in [4.78, 5) is 0. The monoisotopic (exact) mass is 232 g/mol. The quantitative estimate of drug-likeness (QED) is 0.820. The maximum absolute atomic E-state index is 8.88. The summed E-state index contributed by atoms with van der Waals surface area (Å²) in [6, 6.07) is 8.32. The van der Waals surface area contributed by atoms with Crippen LogP contribution in [0.3, 0.4) is 0 Å². The predicted octanol–water partition coefficient (Wildman–Crippen LogP) is 2.85. The summed E-state index contributed by atoms with van der Waals surface area (Å²) in [5.74, 6) is 0.648. The standard InChI is InChI=1S/C14H20N2O/c1-4-5-11(2)16-10-12-6-7-13(9-15)14(8-12)17-3/h6-8,11,16H,4-5,10H2,1-3H3. The van der Waals surface area contributed by atoms with Crippen molar-refractivity contribution in [1.82, 2.24) is 5.32 Å². The van der Waals surface area contributed by atoms with Crippen LogP contribution in [-0.2, 0) is 6.54 Å². The van der Waals surface area contributed by atoms with Crippen molar-refractivity contribution in [2.45, 2.75) is 39.3 Å². The molecule has 92 valence electrons. The zero-order valence-corrected chi connectivity index (χ0v) is 10.8. The summed E-state index contributed by atoms with van der Waals surface area (Å²) in [6.07, 6.45) is 2.36. The van der Waals surface area contributed by atoms with E-state index < -0.39 is 0 Å². The lowest BCUT2D eigenvalue weighted by Gasteiger charge is -2.13. The van der Waals surface area contributed by atoms with Crippen LogP contribution in [0.15, 0.2) is 18.2 Å². The Labute approximate surface area is 103 Å². The molecular weight excluding hydrogens is 212 g/mol. The molecule has 1 aromatic carbocycles. The van der Waals surface area contributed by atoms with E-state index in [2.05, 4.69) is 25.2 Å². The smallest absolute Gasteiger partial charge is 0.136 e. The topological polar surface area (TPSA) is 45.0 Å². The Morgan fingerprint density at radius 1 is 1.47 bits per heavy atom. The van der Waals surface area contributed by atoms with E-state index in [1.54, 1.807) is 13.2 Å². The summed E-state index contributed by atoms with van der Waals surface area (Å²) in [7, 11) is 1.59. The summed E-state index contributed by atoms with van der Waals surface area (Å²) in [5, 5.41) is 12.3. The van der Waals surface area contributed by atoms with Gasteiger partial charge in [0.25, 0.3) is 0 Å². The highest BCUT2D eigenvalue weighted by atomic mass is 16.5. The van der Waals surface area contributed by atoms with Crippen LogP contribution >= 0.6 is 0 Å². The summed E-state index contributed by atoms with van der Waals surface area (Å²) < 4.78 is 5.18. The first-order valence-electron chi connectivity index (χ1n) is 6.01. The molecule has 0 aliphatic rings. The van der Waals surface area contributed by atoms with Gasteiger partial charge in [0.15, 0.2) is 0 Å². The van der Waals surface area contributed by atoms with Crippen molar-refractivity contribution >= 4 is 0 Å². The van der Waals surface area contributed by atoms with E-state index in [1.165, 1.54) is 12.8 Å². The third-order valence-electron chi connectivity index (χ3n) is 2.76. The van der Waals surface area contributed by atoms with Crippen LogP contribution in [0.1, 0.15) is 37.8 Å². The number of hydrogen-bond donors (Lipinski definition) is 1. The fourth-order valence-electron chi connectivity index (χ4n) is 1.77. The van der Waals surface area contributed by atoms with Gasteiger partial charge in [0.2, 0.25) is 0 Å². The maximum atomic E-state index is 8.88. The Bertz CT molecular complexity index is 396. The van der Waals surface area contributed by atoms with Crippen molar-refractivity contribution in [2.75, 3.05) is 7.11 Å². The zero-order chi connectivity index (χ0) is 12.7. The Hall–Kier alpha value is -1.53. The van der Waals surface area contributed by atoms with Gasteiger partial charge in [-0.2, -0.15) is 5.26 Å². The normalized spacial score (nSPS) is 11.9. The molecule has 0 aliphatic carbocycles. The van der Waals surface area contributed by atoms with Gasteiger partial charge in [-0.15, -0.1) is 0 Å². The number of hydrogen-bond acceptors (Lipinski definition) is 3. The number of rotatable bonds is 6. The van der Waals surface area contributed by atoms with Crippen molar-refractivity contribution in [3.8, 4) is 11.8 Å². The van der Waals surface area contributed by atoms with Crippen LogP contribution in [0.2, 0.25) is 0 Å². The first kappa shape index (κ1) is 13.5. The minimum absolute atomic E-state index is 0.515. The Kier molecular flexibility index (Phi) is 5.51. The van der Waals surface area contributed by atoms with Crippen LogP contribution in [0.5, 0.6) is 5.75 Å². The van der Waals surface area contributed by atoms with Gasteiger partial charge in [-0.1, -0.05) is 19.4 Å². The summed E-state index contributed by atoms with van der Waals surface area (Å²) >= 11 is 0. The molecule has 0 saturated carbocycles. The highest BCUT2D eigenvalue weighted by Crippen LogP contribution is 2.19. The molecule has 3 nitrogen and oxygen atoms in total. The van der Waals surface area contributed by atoms with Crippen LogP contribution in [0, 0.1) is 11.3 Å². The molecule has 0 spiro atoms. The van der Waals surface area contributed by atoms with Crippen molar-refractivity contribution in [2.24, 2.45) is 0 Å². The zero-order valence-electron chi connectivity index (χ0n) is 10.8. The molecule has 1 atom stereocenters. The number of nitrogens with zero attached hydrogens (tertiary/aromatic N) is 1. The molecule has 17 heavy (non-hydrogen) atoms. The molecule has 0 radical (unpaired) electrons. The van der Waals surface area contributed by atoms with E-state index in [4.69, 9.17) is 10.00 Å². The lowest BCUT2D eigenvalue weighted by atomic mass is 10.1. The number of nitrogens with one attached hydrogen (secondary N) is 1. The van der Waals surface area contributed by atoms with Crippen molar-refractivity contribution < 1.29 is 4.74 Å². The first-order chi connectivity index (χ1) is 8.21. The fourth-order valence-corrected chi connectivity index (χ4v) is 1.77. The maximum Gasteiger partial charge on any atom is 0.136 e. The van der Waals surface area contributed by atoms with E-state index in [-0.39, 0.29) is 0 Å². The summed E-state index contributed by atoms with van der Waals surface area (Å²) in [5.41, 5.74) is 1.72. The van der Waals surface area contributed by atoms with Gasteiger partial charge in [-0.05, 0) is 31.0 Å². The highest BCUT2D eigenvalue weighted by Gasteiger charge is 2.05. The molecule has 0 heterocycles. The van der Waals surface area contributed by atoms with E-state index in [1.807, 2.05) is 12.1 Å². The highest BCUT2D eigenvalue weighted by molar-refractivity contribution is 5.45. The van der Waals surface area contributed by atoms with Crippen molar-refractivity contribution in [3.63, 3.8) is 0 Å². The molecule has 1 rings (SSSR count). The van der Waals surface area contributed by atoms with Gasteiger partial charge in [-0.3, -0.25) is 0 Å². The lowest BCUT2D eigenvalue weighted by molar-refractivity contribution is 0.412. The largest absolute Gasteiger partial charge is 0.495 e. The van der Waals surface area contributed by atoms with Crippen LogP contribution in [0.4, 0.5) is 0 Å². The van der Waals surface area contributed by atoms with Gasteiger partial charge < -0.3 is 10.1 Å². The fraction of sp³-hybridized carbons (Fsp3) is 0.500. The Morgan fingerprint density at radius 2 is 2.24 bits per heavy atom. The molecular formula is C14H20N2O. The number of benzene rings is 1. The Morgan fingerprint density at radius 3 is 2.82 bits per heavy atom. The lowest BCUT2D eigenvalue weighted by Crippen LogP contribution is -2.25. The van der Waals surface area contributed by atoms with Crippen LogP contribution in [-0.4, -0.2) is 13.2 Å². The molecule has 0 bridgehead atoms. The number of ether oxygens (including phenoxy) is 1. The van der Waals surface area contributed by atoms with E-state index in [0.29, 0.717) is 17.4 Å². The predicted molar refractivity (Wildman–Crippen MR) is 68.9 cm³/mol. The summed E-state index contributed by atoms with van der Waals surface area (Å²) in [6.45, 7) is 5.18. The van der Waals surface area contributed by atoms with Gasteiger partial charge in [0, 0.05) is 12.6 Å². The van der Waals surface area contributed by atoms with Crippen molar-refractivity contribution in [1.29, 1.82) is 5.26 Å². The van der Waals surface area contributed by atoms with Crippen LogP contribution < -0.4 is 10.1 Å². The molecule has 0 aliphatic heterocycles. The van der Waals surface area contributed by atoms with E-state index in [9.17, 15) is 0 Å². The third-order valence-corrected chi connectivity index (χ3v) is 2.76. The minimum atomic E-state index is 0.515. The molecule has 1 N–H and O–H groups in total. The second-order valence-electron chi connectivity index (χ2n) is 4.22. The molecule has 1 aromatic rings. The first-order valence-corrected chi connectivity index (χ1v) is 6.01. The van der Waals surface area contributed by atoms with Crippen molar-refractivity contribution in [3.05, 3.63) is 29.3 Å².